The van der Waals surface area contributed by atoms with E-state index in [1.807, 2.05) is 13.1 Å². The molecule has 2 saturated heterocycles. The molecule has 2 N–H and O–H groups in total. The van der Waals surface area contributed by atoms with Crippen LogP contribution in [0.5, 0.6) is 0 Å². The molecule has 3 aliphatic rings. The van der Waals surface area contributed by atoms with Crippen molar-refractivity contribution in [3.05, 3.63) is 46.0 Å². The van der Waals surface area contributed by atoms with Crippen LogP contribution in [0.4, 0.5) is 0 Å². The van der Waals surface area contributed by atoms with Gasteiger partial charge in [-0.05, 0) is 45.1 Å². The predicted octanol–water partition coefficient (Wildman–Crippen LogP) is 4.32. The Hall–Kier alpha value is -1.22. The molecular formula is C23H32Cl2N6O. The number of nitrogens with one attached hydrogen (secondary N) is 2. The zero-order valence-corrected chi connectivity index (χ0v) is 20.2. The lowest BCUT2D eigenvalue weighted by molar-refractivity contribution is -0.0370. The highest BCUT2D eigenvalue weighted by Gasteiger charge is 2.42. The molecule has 2 aliphatic heterocycles. The maximum Gasteiger partial charge on any atom is 0.0830 e. The Morgan fingerprint density at radius 3 is 2.72 bits per heavy atom. The lowest BCUT2D eigenvalue weighted by Crippen LogP contribution is -2.37. The van der Waals surface area contributed by atoms with Crippen LogP contribution in [0.3, 0.4) is 0 Å². The summed E-state index contributed by atoms with van der Waals surface area (Å²) in [6.07, 6.45) is 11.8. The smallest absolute Gasteiger partial charge is 0.0830 e. The molecule has 1 saturated carbocycles. The predicted molar refractivity (Wildman–Crippen MR) is 126 cm³/mol. The third-order valence-corrected chi connectivity index (χ3v) is 8.05. The van der Waals surface area contributed by atoms with Crippen molar-refractivity contribution >= 4 is 23.2 Å². The van der Waals surface area contributed by atoms with Gasteiger partial charge in [-0.15, -0.1) is 0 Å². The van der Waals surface area contributed by atoms with Gasteiger partial charge in [0.1, 0.15) is 0 Å². The summed E-state index contributed by atoms with van der Waals surface area (Å²) in [6, 6.07) is 1.17. The summed E-state index contributed by atoms with van der Waals surface area (Å²) in [7, 11) is 0. The number of rotatable bonds is 6. The van der Waals surface area contributed by atoms with E-state index in [1.54, 1.807) is 12.4 Å². The number of hydrogen-bond acceptors (Lipinski definition) is 6. The average molecular weight is 479 g/mol. The number of halogens is 2. The largest absolute Gasteiger partial charge is 0.370 e. The monoisotopic (exact) mass is 478 g/mol. The Kier molecular flexibility index (Phi) is 6.75. The molecule has 9 heteroatoms. The number of pyridine rings is 1. The van der Waals surface area contributed by atoms with Crippen LogP contribution in [0.25, 0.3) is 0 Å². The van der Waals surface area contributed by atoms with Gasteiger partial charge in [0.05, 0.1) is 40.5 Å². The van der Waals surface area contributed by atoms with Crippen molar-refractivity contribution in [3.8, 4) is 0 Å². The molecule has 32 heavy (non-hydrogen) atoms. The molecule has 0 radical (unpaired) electrons. The maximum atomic E-state index is 6.46. The summed E-state index contributed by atoms with van der Waals surface area (Å²) >= 11 is 12.7. The molecule has 2 aromatic rings. The first kappa shape index (κ1) is 22.6. The van der Waals surface area contributed by atoms with Gasteiger partial charge >= 0.3 is 0 Å². The molecule has 0 aromatic carbocycles. The number of likely N-dealkylation sites (N-methyl/N-ethyl adjacent to an activating group) is 1. The van der Waals surface area contributed by atoms with Crippen molar-refractivity contribution in [1.29, 1.82) is 0 Å². The summed E-state index contributed by atoms with van der Waals surface area (Å²) in [5, 5.41) is 5.85. The fraction of sp³-hybridized carbons (Fsp3) is 0.652. The van der Waals surface area contributed by atoms with Gasteiger partial charge in [-0.3, -0.25) is 15.1 Å². The molecule has 0 amide bonds. The van der Waals surface area contributed by atoms with Crippen molar-refractivity contribution in [1.82, 2.24) is 30.5 Å². The summed E-state index contributed by atoms with van der Waals surface area (Å²) in [5.74, 6) is 0.456. The van der Waals surface area contributed by atoms with Gasteiger partial charge in [0, 0.05) is 48.8 Å². The van der Waals surface area contributed by atoms with Crippen LogP contribution in [0.1, 0.15) is 68.8 Å². The standard InChI is InChI=1S/C23H32Cl2N6O/c1-3-30-7-6-16(13-30)31-12-15(9-27-31)23-18-8-17(4-5-21(18)28-29-23)32-14(2)22-19(24)10-26-11-20(22)25/h9-12,14,16-18,21,23,28-29H,3-8,13H2,1-2H3/t14-,16-,17?,18?,21?,23?/m1/s1. The normalized spacial score (nSPS) is 31.7. The van der Waals surface area contributed by atoms with E-state index < -0.39 is 0 Å². The Morgan fingerprint density at radius 2 is 1.97 bits per heavy atom. The molecule has 2 aromatic heterocycles. The van der Waals surface area contributed by atoms with Gasteiger partial charge < -0.3 is 9.64 Å². The highest BCUT2D eigenvalue weighted by Crippen LogP contribution is 2.41. The number of hydrazine groups is 1. The van der Waals surface area contributed by atoms with Crippen molar-refractivity contribution < 1.29 is 4.74 Å². The first-order chi connectivity index (χ1) is 15.5. The van der Waals surface area contributed by atoms with Crippen LogP contribution in [-0.4, -0.2) is 51.4 Å². The summed E-state index contributed by atoms with van der Waals surface area (Å²) in [4.78, 5) is 6.54. The first-order valence-electron chi connectivity index (χ1n) is 11.7. The minimum Gasteiger partial charge on any atom is -0.370 e. The summed E-state index contributed by atoms with van der Waals surface area (Å²) < 4.78 is 8.64. The van der Waals surface area contributed by atoms with E-state index in [4.69, 9.17) is 33.0 Å². The van der Waals surface area contributed by atoms with Gasteiger partial charge in [-0.25, -0.2) is 5.43 Å². The highest BCUT2D eigenvalue weighted by molar-refractivity contribution is 6.35. The molecule has 4 unspecified atom stereocenters. The fourth-order valence-corrected chi connectivity index (χ4v) is 6.34. The Balaban J connectivity index is 1.25. The lowest BCUT2D eigenvalue weighted by atomic mass is 9.78. The van der Waals surface area contributed by atoms with Crippen LogP contribution >= 0.6 is 23.2 Å². The molecule has 3 fully saturated rings. The van der Waals surface area contributed by atoms with E-state index in [1.165, 1.54) is 12.0 Å². The van der Waals surface area contributed by atoms with E-state index in [9.17, 15) is 0 Å². The SMILES string of the molecule is CCN1CC[C@@H](n2cc(C3NNC4CCC(O[C@H](C)c5c(Cl)cncc5Cl)CC43)cn2)C1. The number of fused-ring (bicyclic) bond motifs is 1. The third-order valence-electron chi connectivity index (χ3n) is 7.45. The third kappa shape index (κ3) is 4.43. The zero-order valence-electron chi connectivity index (χ0n) is 18.7. The Bertz CT molecular complexity index is 919. The van der Waals surface area contributed by atoms with Crippen LogP contribution < -0.4 is 10.9 Å². The molecule has 4 heterocycles. The van der Waals surface area contributed by atoms with E-state index >= 15 is 0 Å². The Labute approximate surface area is 199 Å². The van der Waals surface area contributed by atoms with Crippen molar-refractivity contribution in [2.75, 3.05) is 19.6 Å². The number of nitrogens with zero attached hydrogens (tertiary/aromatic N) is 4. The quantitative estimate of drug-likeness (QED) is 0.644. The minimum absolute atomic E-state index is 0.165. The Morgan fingerprint density at radius 1 is 1.16 bits per heavy atom. The molecule has 0 spiro atoms. The van der Waals surface area contributed by atoms with Crippen LogP contribution in [-0.2, 0) is 4.74 Å². The second-order valence-electron chi connectivity index (χ2n) is 9.36. The molecule has 0 bridgehead atoms. The molecule has 5 rings (SSSR count). The van der Waals surface area contributed by atoms with E-state index in [2.05, 4.69) is 38.5 Å². The average Bonchev–Trinajstić information content (AvgIpc) is 3.52. The summed E-state index contributed by atoms with van der Waals surface area (Å²) in [5.41, 5.74) is 9.15. The lowest BCUT2D eigenvalue weighted by Gasteiger charge is -2.34. The van der Waals surface area contributed by atoms with Crippen molar-refractivity contribution in [2.24, 2.45) is 5.92 Å². The first-order valence-corrected chi connectivity index (χ1v) is 12.5. The van der Waals surface area contributed by atoms with E-state index in [-0.39, 0.29) is 18.2 Å². The molecule has 1 aliphatic carbocycles. The van der Waals surface area contributed by atoms with Gasteiger partial charge in [-0.2, -0.15) is 5.10 Å². The summed E-state index contributed by atoms with van der Waals surface area (Å²) in [6.45, 7) is 7.61. The molecule has 174 valence electrons. The van der Waals surface area contributed by atoms with Crippen LogP contribution in [0.15, 0.2) is 24.8 Å². The number of hydrogen-bond donors (Lipinski definition) is 2. The van der Waals surface area contributed by atoms with E-state index in [0.717, 1.165) is 44.5 Å². The second-order valence-corrected chi connectivity index (χ2v) is 10.2. The van der Waals surface area contributed by atoms with Gasteiger partial charge in [-0.1, -0.05) is 30.1 Å². The molecular weight excluding hydrogens is 447 g/mol. The number of aromatic nitrogens is 3. The minimum atomic E-state index is -0.174. The van der Waals surface area contributed by atoms with Crippen LogP contribution in [0.2, 0.25) is 10.0 Å². The van der Waals surface area contributed by atoms with Gasteiger partial charge in [0.15, 0.2) is 0 Å². The number of likely N-dealkylation sites (tertiary alicyclic amines) is 1. The van der Waals surface area contributed by atoms with Crippen molar-refractivity contribution in [2.45, 2.75) is 69.9 Å². The molecule has 7 nitrogen and oxygen atoms in total. The van der Waals surface area contributed by atoms with Gasteiger partial charge in [0.2, 0.25) is 0 Å². The van der Waals surface area contributed by atoms with Crippen molar-refractivity contribution in [3.63, 3.8) is 0 Å². The van der Waals surface area contributed by atoms with Crippen LogP contribution in [0, 0.1) is 5.92 Å². The second kappa shape index (κ2) is 9.57. The maximum absolute atomic E-state index is 6.46. The molecule has 6 atom stereocenters. The van der Waals surface area contributed by atoms with E-state index in [0.29, 0.717) is 28.0 Å². The highest BCUT2D eigenvalue weighted by atomic mass is 35.5. The van der Waals surface area contributed by atoms with Gasteiger partial charge in [0.25, 0.3) is 0 Å². The topological polar surface area (TPSA) is 67.2 Å². The zero-order chi connectivity index (χ0) is 22.2. The number of ether oxygens (including phenoxy) is 1. The fourth-order valence-electron chi connectivity index (χ4n) is 5.67.